The SMILES string of the molecule is CCN(C(=O)C(N)=O)C1CC(C)CCC1C(C)C. The highest BCUT2D eigenvalue weighted by molar-refractivity contribution is 6.34. The lowest BCUT2D eigenvalue weighted by Crippen LogP contribution is -2.52. The van der Waals surface area contributed by atoms with E-state index in [0.29, 0.717) is 24.3 Å². The highest BCUT2D eigenvalue weighted by Gasteiger charge is 2.37. The van der Waals surface area contributed by atoms with Gasteiger partial charge in [-0.1, -0.05) is 27.2 Å². The highest BCUT2D eigenvalue weighted by Crippen LogP contribution is 2.36. The molecule has 0 aliphatic heterocycles. The van der Waals surface area contributed by atoms with E-state index in [9.17, 15) is 9.59 Å². The molecule has 0 radical (unpaired) electrons. The lowest BCUT2D eigenvalue weighted by molar-refractivity contribution is -0.147. The molecular weight excluding hydrogens is 228 g/mol. The molecule has 0 aromatic carbocycles. The number of hydrogen-bond acceptors (Lipinski definition) is 2. The van der Waals surface area contributed by atoms with Crippen molar-refractivity contribution in [3.63, 3.8) is 0 Å². The Morgan fingerprint density at radius 2 is 1.94 bits per heavy atom. The predicted molar refractivity (Wildman–Crippen MR) is 71.7 cm³/mol. The summed E-state index contributed by atoms with van der Waals surface area (Å²) >= 11 is 0. The first kappa shape index (κ1) is 15.0. The van der Waals surface area contributed by atoms with Crippen LogP contribution in [0.1, 0.15) is 47.0 Å². The lowest BCUT2D eigenvalue weighted by Gasteiger charge is -2.43. The molecular formula is C14H26N2O2. The standard InChI is InChI=1S/C14H26N2O2/c1-5-16(14(18)13(15)17)12-8-10(4)6-7-11(12)9(2)3/h9-12H,5-8H2,1-4H3,(H2,15,17). The zero-order valence-corrected chi connectivity index (χ0v) is 12.0. The number of rotatable bonds is 3. The molecule has 104 valence electrons. The molecule has 0 bridgehead atoms. The zero-order chi connectivity index (χ0) is 13.9. The average molecular weight is 254 g/mol. The van der Waals surface area contributed by atoms with Crippen molar-refractivity contribution >= 4 is 11.8 Å². The van der Waals surface area contributed by atoms with Crippen molar-refractivity contribution < 1.29 is 9.59 Å². The van der Waals surface area contributed by atoms with Crippen molar-refractivity contribution in [2.24, 2.45) is 23.5 Å². The second-order valence-corrected chi connectivity index (χ2v) is 5.85. The first-order chi connectivity index (χ1) is 8.38. The lowest BCUT2D eigenvalue weighted by atomic mass is 9.73. The van der Waals surface area contributed by atoms with Crippen LogP contribution in [-0.4, -0.2) is 29.3 Å². The number of nitrogens with zero attached hydrogens (tertiary/aromatic N) is 1. The normalized spacial score (nSPS) is 28.2. The van der Waals surface area contributed by atoms with Crippen LogP contribution in [-0.2, 0) is 9.59 Å². The summed E-state index contributed by atoms with van der Waals surface area (Å²) in [5, 5.41) is 0. The quantitative estimate of drug-likeness (QED) is 0.780. The smallest absolute Gasteiger partial charge is 0.311 e. The summed E-state index contributed by atoms with van der Waals surface area (Å²) in [6.45, 7) is 9.07. The van der Waals surface area contributed by atoms with Crippen LogP contribution in [0, 0.1) is 17.8 Å². The molecule has 4 heteroatoms. The maximum absolute atomic E-state index is 11.9. The minimum Gasteiger partial charge on any atom is -0.361 e. The van der Waals surface area contributed by atoms with E-state index in [1.54, 1.807) is 4.90 Å². The number of amides is 2. The molecule has 2 N–H and O–H groups in total. The second kappa shape index (κ2) is 6.21. The van der Waals surface area contributed by atoms with Gasteiger partial charge in [0.05, 0.1) is 0 Å². The monoisotopic (exact) mass is 254 g/mol. The van der Waals surface area contributed by atoms with Gasteiger partial charge < -0.3 is 10.6 Å². The third-order valence-electron chi connectivity index (χ3n) is 4.20. The van der Waals surface area contributed by atoms with Gasteiger partial charge in [0.25, 0.3) is 0 Å². The number of hydrogen-bond donors (Lipinski definition) is 1. The van der Waals surface area contributed by atoms with Gasteiger partial charge in [0.15, 0.2) is 0 Å². The molecule has 4 nitrogen and oxygen atoms in total. The molecule has 0 spiro atoms. The average Bonchev–Trinajstić information content (AvgIpc) is 2.29. The van der Waals surface area contributed by atoms with Crippen LogP contribution in [0.25, 0.3) is 0 Å². The fourth-order valence-electron chi connectivity index (χ4n) is 3.18. The Kier molecular flexibility index (Phi) is 5.17. The summed E-state index contributed by atoms with van der Waals surface area (Å²) in [5.41, 5.74) is 5.15. The molecule has 3 unspecified atom stereocenters. The van der Waals surface area contributed by atoms with E-state index in [1.807, 2.05) is 6.92 Å². The van der Waals surface area contributed by atoms with Crippen LogP contribution in [0.3, 0.4) is 0 Å². The minimum atomic E-state index is -0.836. The number of primary amides is 1. The Morgan fingerprint density at radius 3 is 2.39 bits per heavy atom. The van der Waals surface area contributed by atoms with E-state index >= 15 is 0 Å². The van der Waals surface area contributed by atoms with Crippen molar-refractivity contribution in [1.29, 1.82) is 0 Å². The fraction of sp³-hybridized carbons (Fsp3) is 0.857. The zero-order valence-electron chi connectivity index (χ0n) is 12.0. The molecule has 0 heterocycles. The summed E-state index contributed by atoms with van der Waals surface area (Å²) in [6.07, 6.45) is 3.32. The number of likely N-dealkylation sites (N-methyl/N-ethyl adjacent to an activating group) is 1. The van der Waals surface area contributed by atoms with Crippen molar-refractivity contribution in [2.45, 2.75) is 53.0 Å². The van der Waals surface area contributed by atoms with E-state index in [-0.39, 0.29) is 6.04 Å². The van der Waals surface area contributed by atoms with Gasteiger partial charge in [0.2, 0.25) is 0 Å². The molecule has 0 aromatic heterocycles. The molecule has 1 aliphatic rings. The van der Waals surface area contributed by atoms with Crippen molar-refractivity contribution in [3.05, 3.63) is 0 Å². The molecule has 1 saturated carbocycles. The van der Waals surface area contributed by atoms with Crippen molar-refractivity contribution in [1.82, 2.24) is 4.90 Å². The van der Waals surface area contributed by atoms with E-state index in [2.05, 4.69) is 20.8 Å². The number of nitrogens with two attached hydrogens (primary N) is 1. The topological polar surface area (TPSA) is 63.4 Å². The first-order valence-electron chi connectivity index (χ1n) is 6.98. The summed E-state index contributed by atoms with van der Waals surface area (Å²) in [7, 11) is 0. The maximum Gasteiger partial charge on any atom is 0.311 e. The maximum atomic E-state index is 11.9. The minimum absolute atomic E-state index is 0.166. The Hall–Kier alpha value is -1.06. The van der Waals surface area contributed by atoms with Gasteiger partial charge in [-0.15, -0.1) is 0 Å². The Morgan fingerprint density at radius 1 is 1.33 bits per heavy atom. The van der Waals surface area contributed by atoms with Crippen LogP contribution in [0.15, 0.2) is 0 Å². The molecule has 1 rings (SSSR count). The largest absolute Gasteiger partial charge is 0.361 e. The Balaban J connectivity index is 2.91. The van der Waals surface area contributed by atoms with Gasteiger partial charge in [-0.05, 0) is 37.5 Å². The highest BCUT2D eigenvalue weighted by atomic mass is 16.2. The van der Waals surface area contributed by atoms with E-state index in [4.69, 9.17) is 5.73 Å². The molecule has 0 aromatic rings. The molecule has 2 amide bonds. The van der Waals surface area contributed by atoms with E-state index < -0.39 is 11.8 Å². The van der Waals surface area contributed by atoms with Gasteiger partial charge in [-0.3, -0.25) is 9.59 Å². The summed E-state index contributed by atoms with van der Waals surface area (Å²) < 4.78 is 0. The predicted octanol–water partition coefficient (Wildman–Crippen LogP) is 1.78. The first-order valence-corrected chi connectivity index (χ1v) is 6.98. The van der Waals surface area contributed by atoms with Gasteiger partial charge in [0, 0.05) is 12.6 Å². The Bertz CT molecular complexity index is 315. The molecule has 0 saturated heterocycles. The van der Waals surface area contributed by atoms with Crippen LogP contribution in [0.4, 0.5) is 0 Å². The Labute approximate surface area is 110 Å². The van der Waals surface area contributed by atoms with Crippen molar-refractivity contribution in [2.75, 3.05) is 6.54 Å². The molecule has 1 fully saturated rings. The third kappa shape index (κ3) is 3.24. The van der Waals surface area contributed by atoms with Gasteiger partial charge in [0.1, 0.15) is 0 Å². The van der Waals surface area contributed by atoms with Crippen molar-refractivity contribution in [3.8, 4) is 0 Å². The second-order valence-electron chi connectivity index (χ2n) is 5.85. The van der Waals surface area contributed by atoms with E-state index in [0.717, 1.165) is 12.8 Å². The van der Waals surface area contributed by atoms with Gasteiger partial charge >= 0.3 is 11.8 Å². The van der Waals surface area contributed by atoms with Crippen LogP contribution >= 0.6 is 0 Å². The summed E-state index contributed by atoms with van der Waals surface area (Å²) in [4.78, 5) is 24.7. The number of carbonyl (C=O) groups excluding carboxylic acids is 2. The van der Waals surface area contributed by atoms with Crippen LogP contribution in [0.2, 0.25) is 0 Å². The van der Waals surface area contributed by atoms with Gasteiger partial charge in [-0.2, -0.15) is 0 Å². The summed E-state index contributed by atoms with van der Waals surface area (Å²) in [6, 6.07) is 0.166. The summed E-state index contributed by atoms with van der Waals surface area (Å²) in [5.74, 6) is 0.251. The van der Waals surface area contributed by atoms with Crippen LogP contribution < -0.4 is 5.73 Å². The van der Waals surface area contributed by atoms with Crippen LogP contribution in [0.5, 0.6) is 0 Å². The molecule has 1 aliphatic carbocycles. The fourth-order valence-corrected chi connectivity index (χ4v) is 3.18. The number of carbonyl (C=O) groups is 2. The molecule has 3 atom stereocenters. The van der Waals surface area contributed by atoms with E-state index in [1.165, 1.54) is 6.42 Å². The van der Waals surface area contributed by atoms with Gasteiger partial charge in [-0.25, -0.2) is 0 Å². The third-order valence-corrected chi connectivity index (χ3v) is 4.20. The molecule has 18 heavy (non-hydrogen) atoms.